The Morgan fingerprint density at radius 2 is 1.83 bits per heavy atom. The van der Waals surface area contributed by atoms with Crippen molar-refractivity contribution in [2.45, 2.75) is 26.4 Å². The minimum Gasteiger partial charge on any atom is -0.453 e. The second kappa shape index (κ2) is 12.2. The Balaban J connectivity index is 0.000000655. The van der Waals surface area contributed by atoms with Crippen LogP contribution >= 0.6 is 15.9 Å². The lowest BCUT2D eigenvalue weighted by Crippen LogP contribution is -2.16. The molecule has 0 atom stereocenters. The van der Waals surface area contributed by atoms with Crippen LogP contribution in [0.4, 0.5) is 14.5 Å². The van der Waals surface area contributed by atoms with Crippen LogP contribution in [0.5, 0.6) is 11.5 Å². The molecule has 2 aromatic rings. The number of halogens is 3. The predicted octanol–water partition coefficient (Wildman–Crippen LogP) is 4.19. The van der Waals surface area contributed by atoms with E-state index in [2.05, 4.69) is 20.7 Å². The highest BCUT2D eigenvalue weighted by atomic mass is 79.9. The molecule has 1 aliphatic rings. The zero-order valence-electron chi connectivity index (χ0n) is 16.3. The van der Waals surface area contributed by atoms with Crippen LogP contribution in [0.1, 0.15) is 25.3 Å². The molecule has 3 radical (unpaired) electrons. The van der Waals surface area contributed by atoms with Crippen molar-refractivity contribution in [1.82, 2.24) is 0 Å². The highest BCUT2D eigenvalue weighted by Gasteiger charge is 2.15. The summed E-state index contributed by atoms with van der Waals surface area (Å²) in [4.78, 5) is 0. The van der Waals surface area contributed by atoms with E-state index in [0.29, 0.717) is 10.5 Å². The number of ether oxygens (including phenoxy) is 2. The Bertz CT molecular complexity index is 935. The van der Waals surface area contributed by atoms with E-state index in [0.717, 1.165) is 25.3 Å². The molecule has 0 bridgehead atoms. The average Bonchev–Trinajstić information content (AvgIpc) is 3.25. The number of hydrogen-bond acceptors (Lipinski definition) is 5. The maximum atomic E-state index is 13.7. The molecule has 1 fully saturated rings. The van der Waals surface area contributed by atoms with Crippen molar-refractivity contribution in [2.24, 2.45) is 0 Å². The number of aliphatic hydroxyl groups excluding tert-OH is 1. The molecule has 6 nitrogen and oxygen atoms in total. The van der Waals surface area contributed by atoms with Crippen molar-refractivity contribution >= 4 is 40.1 Å². The fourth-order valence-corrected chi connectivity index (χ4v) is 3.42. The first kappa shape index (κ1) is 26.4. The van der Waals surface area contributed by atoms with Gasteiger partial charge >= 0.3 is 0 Å². The summed E-state index contributed by atoms with van der Waals surface area (Å²) in [5, 5.41) is 9.43. The molecule has 0 amide bonds. The standard InChI is InChI=1S/C15H14BrF2NO4S.C4H8O.B/c1-2-24(21,22)19-13-7-11(16)15(5-9(13)8-20)23-14-4-3-10(17)6-12(14)18;1-2-4-5-3-1;/h3-7,19-20H,2,8H2,1H3;1-4H2;. The summed E-state index contributed by atoms with van der Waals surface area (Å²) in [7, 11) is -3.53. The largest absolute Gasteiger partial charge is 0.453 e. The van der Waals surface area contributed by atoms with Crippen LogP contribution in [-0.2, 0) is 21.4 Å². The summed E-state index contributed by atoms with van der Waals surface area (Å²) in [5.74, 6) is -1.82. The van der Waals surface area contributed by atoms with Crippen molar-refractivity contribution in [3.63, 3.8) is 0 Å². The normalized spacial score (nSPS) is 13.1. The number of sulfonamides is 1. The minimum absolute atomic E-state index is 0. The van der Waals surface area contributed by atoms with E-state index in [1.807, 2.05) is 0 Å². The number of rotatable bonds is 6. The second-order valence-electron chi connectivity index (χ2n) is 6.10. The van der Waals surface area contributed by atoms with Crippen molar-refractivity contribution in [3.05, 3.63) is 52.0 Å². The molecule has 0 spiro atoms. The van der Waals surface area contributed by atoms with E-state index in [9.17, 15) is 22.3 Å². The van der Waals surface area contributed by atoms with E-state index in [1.165, 1.54) is 31.9 Å². The zero-order chi connectivity index (χ0) is 21.4. The Hall–Kier alpha value is -1.69. The van der Waals surface area contributed by atoms with Crippen LogP contribution in [0.2, 0.25) is 0 Å². The highest BCUT2D eigenvalue weighted by Crippen LogP contribution is 2.36. The van der Waals surface area contributed by atoms with Gasteiger partial charge in [0.25, 0.3) is 0 Å². The third-order valence-electron chi connectivity index (χ3n) is 3.91. The first-order valence-corrected chi connectivity index (χ1v) is 11.3. The topological polar surface area (TPSA) is 84.9 Å². The van der Waals surface area contributed by atoms with Crippen LogP contribution in [0, 0.1) is 11.6 Å². The fraction of sp³-hybridized carbons (Fsp3) is 0.368. The second-order valence-corrected chi connectivity index (χ2v) is 8.96. The van der Waals surface area contributed by atoms with Crippen molar-refractivity contribution in [1.29, 1.82) is 0 Å². The number of anilines is 1. The average molecular weight is 505 g/mol. The predicted molar refractivity (Wildman–Crippen MR) is 115 cm³/mol. The van der Waals surface area contributed by atoms with Gasteiger partial charge in [0.1, 0.15) is 11.6 Å². The molecular weight excluding hydrogens is 483 g/mol. The summed E-state index contributed by atoms with van der Waals surface area (Å²) in [5.41, 5.74) is 0.422. The number of nitrogens with one attached hydrogen (secondary N) is 1. The molecule has 1 aliphatic heterocycles. The number of aliphatic hydroxyl groups is 1. The Labute approximate surface area is 185 Å². The van der Waals surface area contributed by atoms with Gasteiger partial charge in [0, 0.05) is 33.3 Å². The van der Waals surface area contributed by atoms with Gasteiger partial charge in [-0.2, -0.15) is 0 Å². The van der Waals surface area contributed by atoms with E-state index in [-0.39, 0.29) is 36.9 Å². The molecule has 0 aliphatic carbocycles. The molecule has 0 aromatic heterocycles. The van der Waals surface area contributed by atoms with Gasteiger partial charge in [0.15, 0.2) is 11.6 Å². The Morgan fingerprint density at radius 1 is 1.17 bits per heavy atom. The smallest absolute Gasteiger partial charge is 0.232 e. The monoisotopic (exact) mass is 504 g/mol. The van der Waals surface area contributed by atoms with Gasteiger partial charge in [0.2, 0.25) is 10.0 Å². The molecule has 163 valence electrons. The fourth-order valence-electron chi connectivity index (χ4n) is 2.33. The summed E-state index contributed by atoms with van der Waals surface area (Å²) in [6.45, 7) is 3.02. The van der Waals surface area contributed by atoms with Gasteiger partial charge < -0.3 is 14.6 Å². The molecule has 1 heterocycles. The molecule has 30 heavy (non-hydrogen) atoms. The SMILES string of the molecule is C1CCOC1.CCS(=O)(=O)Nc1cc(Br)c(Oc2ccc(F)cc2F)cc1CO.[B]. The van der Waals surface area contributed by atoms with E-state index in [4.69, 9.17) is 9.47 Å². The maximum absolute atomic E-state index is 13.7. The summed E-state index contributed by atoms with van der Waals surface area (Å²) < 4.78 is 62.9. The van der Waals surface area contributed by atoms with Crippen molar-refractivity contribution < 1.29 is 31.8 Å². The molecule has 3 rings (SSSR count). The zero-order valence-corrected chi connectivity index (χ0v) is 18.7. The van der Waals surface area contributed by atoms with Crippen molar-refractivity contribution in [2.75, 3.05) is 23.7 Å². The first-order chi connectivity index (χ1) is 13.8. The maximum Gasteiger partial charge on any atom is 0.232 e. The quantitative estimate of drug-likeness (QED) is 0.576. The molecule has 11 heteroatoms. The lowest BCUT2D eigenvalue weighted by molar-refractivity contribution is 0.198. The van der Waals surface area contributed by atoms with Crippen LogP contribution in [0.15, 0.2) is 34.8 Å². The van der Waals surface area contributed by atoms with E-state index >= 15 is 0 Å². The lowest BCUT2D eigenvalue weighted by atomic mass is 10.2. The lowest BCUT2D eigenvalue weighted by Gasteiger charge is -2.15. The van der Waals surface area contributed by atoms with E-state index in [1.54, 1.807) is 0 Å². The molecule has 1 saturated heterocycles. The van der Waals surface area contributed by atoms with Gasteiger partial charge in [-0.3, -0.25) is 4.72 Å². The van der Waals surface area contributed by atoms with Crippen LogP contribution in [0.25, 0.3) is 0 Å². The van der Waals surface area contributed by atoms with Gasteiger partial charge in [0.05, 0.1) is 22.5 Å². The molecule has 2 N–H and O–H groups in total. The molecule has 0 unspecified atom stereocenters. The van der Waals surface area contributed by atoms with Gasteiger partial charge in [-0.1, -0.05) is 0 Å². The number of hydrogen-bond donors (Lipinski definition) is 2. The Morgan fingerprint density at radius 3 is 2.33 bits per heavy atom. The number of benzene rings is 2. The van der Waals surface area contributed by atoms with E-state index < -0.39 is 28.3 Å². The minimum atomic E-state index is -3.53. The van der Waals surface area contributed by atoms with Crippen LogP contribution in [-0.4, -0.2) is 40.9 Å². The summed E-state index contributed by atoms with van der Waals surface area (Å²) in [6, 6.07) is 5.61. The Kier molecular flexibility index (Phi) is 10.7. The molecule has 0 saturated carbocycles. The summed E-state index contributed by atoms with van der Waals surface area (Å²) in [6.07, 6.45) is 2.56. The molecule has 2 aromatic carbocycles. The highest BCUT2D eigenvalue weighted by molar-refractivity contribution is 9.10. The third kappa shape index (κ3) is 7.86. The van der Waals surface area contributed by atoms with Gasteiger partial charge in [-0.05, 0) is 60.0 Å². The van der Waals surface area contributed by atoms with Gasteiger partial charge in [-0.25, -0.2) is 17.2 Å². The first-order valence-electron chi connectivity index (χ1n) is 8.90. The van der Waals surface area contributed by atoms with Crippen LogP contribution < -0.4 is 9.46 Å². The van der Waals surface area contributed by atoms with Crippen LogP contribution in [0.3, 0.4) is 0 Å². The summed E-state index contributed by atoms with van der Waals surface area (Å²) >= 11 is 3.20. The van der Waals surface area contributed by atoms with Gasteiger partial charge in [-0.15, -0.1) is 0 Å². The van der Waals surface area contributed by atoms with Crippen molar-refractivity contribution in [3.8, 4) is 11.5 Å². The third-order valence-corrected chi connectivity index (χ3v) is 5.83. The molecular formula is C19H22BBrF2NO5S.